The number of hydrogen-bond donors (Lipinski definition) is 0. The molecular formula is C54H38N4. The summed E-state index contributed by atoms with van der Waals surface area (Å²) < 4.78 is 4.73. The first-order chi connectivity index (χ1) is 28.8. The standard InChI is InChI=1S/C54H38N4/c1-3-16-39(17-4-1)55(41-30-34-43(35-31-41)57-51-26-11-7-22-47(51)48-23-8-12-27-52(48)57)45-20-15-21-46(38-45)56(40-18-5-2-6-19-40)42-32-36-44(37-33-42)58-53-28-13-9-24-49(53)50-25-10-14-29-54(50)58/h1-38H. The molecule has 0 aliphatic carbocycles. The Morgan fingerprint density at radius 1 is 0.224 bits per heavy atom. The van der Waals surface area contributed by atoms with Crippen molar-refractivity contribution in [1.29, 1.82) is 0 Å². The lowest BCUT2D eigenvalue weighted by molar-refractivity contribution is 1.17. The predicted octanol–water partition coefficient (Wildman–Crippen LogP) is 14.8. The van der Waals surface area contributed by atoms with Crippen molar-refractivity contribution in [3.8, 4) is 11.4 Å². The van der Waals surface area contributed by atoms with E-state index >= 15 is 0 Å². The highest BCUT2D eigenvalue weighted by atomic mass is 15.2. The van der Waals surface area contributed by atoms with Crippen molar-refractivity contribution >= 4 is 77.7 Å². The zero-order valence-electron chi connectivity index (χ0n) is 31.7. The molecule has 0 spiro atoms. The predicted molar refractivity (Wildman–Crippen MR) is 244 cm³/mol. The minimum absolute atomic E-state index is 1.07. The molecule has 274 valence electrons. The van der Waals surface area contributed by atoms with Crippen LogP contribution in [0.15, 0.2) is 231 Å². The molecule has 11 aromatic rings. The van der Waals surface area contributed by atoms with Crippen molar-refractivity contribution in [2.75, 3.05) is 9.80 Å². The van der Waals surface area contributed by atoms with Crippen LogP contribution < -0.4 is 9.80 Å². The number of rotatable bonds is 8. The van der Waals surface area contributed by atoms with Gasteiger partial charge >= 0.3 is 0 Å². The van der Waals surface area contributed by atoms with Gasteiger partial charge in [-0.25, -0.2) is 0 Å². The Kier molecular flexibility index (Phi) is 8.11. The van der Waals surface area contributed by atoms with Gasteiger partial charge in [-0.1, -0.05) is 115 Å². The van der Waals surface area contributed by atoms with Gasteiger partial charge in [0.1, 0.15) is 0 Å². The van der Waals surface area contributed by atoms with Crippen molar-refractivity contribution in [1.82, 2.24) is 9.13 Å². The van der Waals surface area contributed by atoms with Crippen molar-refractivity contribution in [2.45, 2.75) is 0 Å². The van der Waals surface area contributed by atoms with Crippen molar-refractivity contribution < 1.29 is 0 Å². The van der Waals surface area contributed by atoms with E-state index in [0.717, 1.165) is 45.5 Å². The minimum Gasteiger partial charge on any atom is -0.310 e. The summed E-state index contributed by atoms with van der Waals surface area (Å²) in [5.41, 5.74) is 13.5. The van der Waals surface area contributed by atoms with Crippen LogP contribution in [0.25, 0.3) is 55.0 Å². The van der Waals surface area contributed by atoms with Crippen LogP contribution in [0.2, 0.25) is 0 Å². The molecule has 0 atom stereocenters. The lowest BCUT2D eigenvalue weighted by Crippen LogP contribution is -2.13. The smallest absolute Gasteiger partial charge is 0.0541 e. The van der Waals surface area contributed by atoms with E-state index in [0.29, 0.717) is 0 Å². The SMILES string of the molecule is c1ccc(N(c2ccc(-n3c4ccccc4c4ccccc43)cc2)c2cccc(N(c3ccccc3)c3ccc(-n4c5ccccc5c5ccccc54)cc3)c2)cc1. The molecule has 0 fully saturated rings. The van der Waals surface area contributed by atoms with Crippen molar-refractivity contribution in [3.05, 3.63) is 231 Å². The summed E-state index contributed by atoms with van der Waals surface area (Å²) in [5, 5.41) is 5.03. The van der Waals surface area contributed by atoms with Gasteiger partial charge in [-0.05, 0) is 115 Å². The lowest BCUT2D eigenvalue weighted by atomic mass is 10.1. The topological polar surface area (TPSA) is 16.3 Å². The second-order valence-corrected chi connectivity index (χ2v) is 14.6. The summed E-state index contributed by atoms with van der Waals surface area (Å²) in [5.74, 6) is 0. The van der Waals surface area contributed by atoms with Crippen LogP contribution >= 0.6 is 0 Å². The first-order valence-electron chi connectivity index (χ1n) is 19.8. The van der Waals surface area contributed by atoms with Gasteiger partial charge in [-0.2, -0.15) is 0 Å². The van der Waals surface area contributed by atoms with E-state index in [2.05, 4.69) is 249 Å². The molecule has 2 aromatic heterocycles. The molecule has 0 amide bonds. The van der Waals surface area contributed by atoms with Crippen LogP contribution in [0.1, 0.15) is 0 Å². The fourth-order valence-corrected chi connectivity index (χ4v) is 8.72. The Labute approximate surface area is 337 Å². The first kappa shape index (κ1) is 33.5. The number of anilines is 6. The molecule has 0 aliphatic heterocycles. The van der Waals surface area contributed by atoms with Crippen LogP contribution in [0.4, 0.5) is 34.1 Å². The second kappa shape index (κ2) is 14.0. The molecule has 2 heterocycles. The van der Waals surface area contributed by atoms with Crippen LogP contribution in [-0.4, -0.2) is 9.13 Å². The van der Waals surface area contributed by atoms with Crippen molar-refractivity contribution in [2.24, 2.45) is 0 Å². The maximum atomic E-state index is 2.37. The summed E-state index contributed by atoms with van der Waals surface area (Å²) in [4.78, 5) is 4.68. The Balaban J connectivity index is 1.00. The summed E-state index contributed by atoms with van der Waals surface area (Å²) in [6.45, 7) is 0. The molecule has 0 aliphatic rings. The Hall–Kier alpha value is -7.82. The maximum absolute atomic E-state index is 2.37. The minimum atomic E-state index is 1.07. The number of nitrogens with zero attached hydrogens (tertiary/aromatic N) is 4. The molecule has 11 rings (SSSR count). The van der Waals surface area contributed by atoms with E-state index in [9.17, 15) is 0 Å². The normalized spacial score (nSPS) is 11.4. The summed E-state index contributed by atoms with van der Waals surface area (Å²) in [6.07, 6.45) is 0. The van der Waals surface area contributed by atoms with Gasteiger partial charge in [0.2, 0.25) is 0 Å². The highest BCUT2D eigenvalue weighted by molar-refractivity contribution is 6.10. The Morgan fingerprint density at radius 2 is 0.500 bits per heavy atom. The van der Waals surface area contributed by atoms with E-state index in [1.165, 1.54) is 43.6 Å². The molecule has 58 heavy (non-hydrogen) atoms. The third-order valence-electron chi connectivity index (χ3n) is 11.3. The molecule has 0 unspecified atom stereocenters. The molecule has 4 heteroatoms. The molecule has 0 N–H and O–H groups in total. The molecule has 0 radical (unpaired) electrons. The number of hydrogen-bond acceptors (Lipinski definition) is 2. The molecule has 0 saturated carbocycles. The largest absolute Gasteiger partial charge is 0.310 e. The van der Waals surface area contributed by atoms with Gasteiger partial charge in [0, 0.05) is 67.0 Å². The van der Waals surface area contributed by atoms with Crippen LogP contribution in [0, 0.1) is 0 Å². The summed E-state index contributed by atoms with van der Waals surface area (Å²) in [6, 6.07) is 82.7. The second-order valence-electron chi connectivity index (χ2n) is 14.6. The third-order valence-corrected chi connectivity index (χ3v) is 11.3. The lowest BCUT2D eigenvalue weighted by Gasteiger charge is -2.29. The highest BCUT2D eigenvalue weighted by Gasteiger charge is 2.19. The average molecular weight is 743 g/mol. The number of para-hydroxylation sites is 6. The van der Waals surface area contributed by atoms with Gasteiger partial charge in [0.15, 0.2) is 0 Å². The molecule has 0 bridgehead atoms. The van der Waals surface area contributed by atoms with Crippen molar-refractivity contribution in [3.63, 3.8) is 0 Å². The van der Waals surface area contributed by atoms with Gasteiger partial charge in [-0.3, -0.25) is 0 Å². The van der Waals surface area contributed by atoms with Gasteiger partial charge in [0.05, 0.1) is 22.1 Å². The highest BCUT2D eigenvalue weighted by Crippen LogP contribution is 2.42. The summed E-state index contributed by atoms with van der Waals surface area (Å²) in [7, 11) is 0. The first-order valence-corrected chi connectivity index (χ1v) is 19.8. The zero-order valence-corrected chi connectivity index (χ0v) is 31.7. The fourth-order valence-electron chi connectivity index (χ4n) is 8.72. The quantitative estimate of drug-likeness (QED) is 0.154. The third kappa shape index (κ3) is 5.62. The monoisotopic (exact) mass is 742 g/mol. The molecular weight excluding hydrogens is 705 g/mol. The number of aromatic nitrogens is 2. The molecule has 9 aromatic carbocycles. The Morgan fingerprint density at radius 3 is 0.845 bits per heavy atom. The van der Waals surface area contributed by atoms with Gasteiger partial charge in [0.25, 0.3) is 0 Å². The molecule has 0 saturated heterocycles. The molecule has 4 nitrogen and oxygen atoms in total. The van der Waals surface area contributed by atoms with E-state index in [1.807, 2.05) is 0 Å². The average Bonchev–Trinajstić information content (AvgIpc) is 3.81. The Bertz CT molecular complexity index is 2890. The van der Waals surface area contributed by atoms with E-state index in [1.54, 1.807) is 0 Å². The van der Waals surface area contributed by atoms with Gasteiger partial charge < -0.3 is 18.9 Å². The van der Waals surface area contributed by atoms with E-state index < -0.39 is 0 Å². The van der Waals surface area contributed by atoms with Crippen LogP contribution in [-0.2, 0) is 0 Å². The number of benzene rings is 9. The van der Waals surface area contributed by atoms with E-state index in [4.69, 9.17) is 0 Å². The fraction of sp³-hybridized carbons (Fsp3) is 0. The summed E-state index contributed by atoms with van der Waals surface area (Å²) >= 11 is 0. The van der Waals surface area contributed by atoms with Gasteiger partial charge in [-0.15, -0.1) is 0 Å². The maximum Gasteiger partial charge on any atom is 0.0541 e. The zero-order chi connectivity index (χ0) is 38.4. The van der Waals surface area contributed by atoms with E-state index in [-0.39, 0.29) is 0 Å². The number of fused-ring (bicyclic) bond motifs is 6. The van der Waals surface area contributed by atoms with Crippen LogP contribution in [0.3, 0.4) is 0 Å². The van der Waals surface area contributed by atoms with Crippen LogP contribution in [0.5, 0.6) is 0 Å².